The summed E-state index contributed by atoms with van der Waals surface area (Å²) in [6.45, 7) is 1.30. The van der Waals surface area contributed by atoms with Crippen LogP contribution in [0.15, 0.2) is 30.9 Å². The standard InChI is InChI=1S/C11H11F2N7/c12-10(13)11-17-16-9-2-1-8(18-20(9)11)15-4-6-19-5-3-14-7-19/h1-3,5,7,10H,4,6H2,(H,15,18). The molecule has 20 heavy (non-hydrogen) atoms. The molecule has 0 amide bonds. The van der Waals surface area contributed by atoms with Crippen molar-refractivity contribution in [2.45, 2.75) is 13.0 Å². The van der Waals surface area contributed by atoms with E-state index in [1.807, 2.05) is 10.8 Å². The van der Waals surface area contributed by atoms with Crippen LogP contribution >= 0.6 is 0 Å². The first kappa shape index (κ1) is 12.5. The molecule has 9 heteroatoms. The molecule has 0 spiro atoms. The maximum absolute atomic E-state index is 12.7. The third-order valence-corrected chi connectivity index (χ3v) is 2.72. The van der Waals surface area contributed by atoms with Gasteiger partial charge in [-0.2, -0.15) is 4.52 Å². The van der Waals surface area contributed by atoms with Crippen LogP contribution in [0.1, 0.15) is 12.2 Å². The molecule has 0 radical (unpaired) electrons. The molecule has 0 bridgehead atoms. The smallest absolute Gasteiger partial charge is 0.299 e. The summed E-state index contributed by atoms with van der Waals surface area (Å²) < 4.78 is 28.4. The van der Waals surface area contributed by atoms with Crippen molar-refractivity contribution < 1.29 is 8.78 Å². The number of nitrogens with zero attached hydrogens (tertiary/aromatic N) is 6. The summed E-state index contributed by atoms with van der Waals surface area (Å²) in [5.41, 5.74) is 0.292. The van der Waals surface area contributed by atoms with Gasteiger partial charge >= 0.3 is 0 Å². The van der Waals surface area contributed by atoms with Crippen LogP contribution in [-0.2, 0) is 6.54 Å². The second kappa shape index (κ2) is 5.19. The molecule has 3 aromatic heterocycles. The number of fused-ring (bicyclic) bond motifs is 1. The highest BCUT2D eigenvalue weighted by Crippen LogP contribution is 2.17. The topological polar surface area (TPSA) is 72.9 Å². The first-order valence-electron chi connectivity index (χ1n) is 5.94. The molecule has 0 aromatic carbocycles. The lowest BCUT2D eigenvalue weighted by atomic mass is 10.5. The lowest BCUT2D eigenvalue weighted by molar-refractivity contribution is 0.137. The molecule has 0 fully saturated rings. The lowest BCUT2D eigenvalue weighted by Crippen LogP contribution is -2.11. The van der Waals surface area contributed by atoms with Crippen LogP contribution in [-0.4, -0.2) is 35.9 Å². The van der Waals surface area contributed by atoms with E-state index in [4.69, 9.17) is 0 Å². The number of nitrogens with one attached hydrogen (secondary N) is 1. The van der Waals surface area contributed by atoms with Gasteiger partial charge in [0.15, 0.2) is 5.65 Å². The summed E-state index contributed by atoms with van der Waals surface area (Å²) in [6.07, 6.45) is 2.52. The molecule has 1 N–H and O–H groups in total. The molecule has 0 unspecified atom stereocenters. The number of alkyl halides is 2. The summed E-state index contributed by atoms with van der Waals surface area (Å²) in [7, 11) is 0. The van der Waals surface area contributed by atoms with Crippen LogP contribution in [0.3, 0.4) is 0 Å². The summed E-state index contributed by atoms with van der Waals surface area (Å²) in [4.78, 5) is 3.93. The fraction of sp³-hybridized carbons (Fsp3) is 0.273. The molecular weight excluding hydrogens is 268 g/mol. The van der Waals surface area contributed by atoms with Crippen LogP contribution in [0, 0.1) is 0 Å². The van der Waals surface area contributed by atoms with Crippen molar-refractivity contribution in [2.24, 2.45) is 0 Å². The van der Waals surface area contributed by atoms with Gasteiger partial charge in [-0.25, -0.2) is 13.8 Å². The molecule has 0 atom stereocenters. The third-order valence-electron chi connectivity index (χ3n) is 2.72. The number of aromatic nitrogens is 6. The van der Waals surface area contributed by atoms with E-state index in [-0.39, 0.29) is 0 Å². The molecule has 3 heterocycles. The number of anilines is 1. The van der Waals surface area contributed by atoms with Crippen LogP contribution in [0.25, 0.3) is 5.65 Å². The first-order chi connectivity index (χ1) is 9.74. The molecule has 0 aliphatic carbocycles. The summed E-state index contributed by atoms with van der Waals surface area (Å²) in [5.74, 6) is 0.0255. The van der Waals surface area contributed by atoms with E-state index < -0.39 is 12.2 Å². The third kappa shape index (κ3) is 2.42. The molecule has 104 valence electrons. The van der Waals surface area contributed by atoms with Crippen LogP contribution in [0.5, 0.6) is 0 Å². The van der Waals surface area contributed by atoms with Crippen molar-refractivity contribution in [3.63, 3.8) is 0 Å². The second-order valence-corrected chi connectivity index (χ2v) is 4.07. The number of hydrogen-bond donors (Lipinski definition) is 1. The molecular formula is C11H11F2N7. The highest BCUT2D eigenvalue weighted by Gasteiger charge is 2.16. The number of halogens is 2. The summed E-state index contributed by atoms with van der Waals surface area (Å²) >= 11 is 0. The van der Waals surface area contributed by atoms with Crippen LogP contribution in [0.4, 0.5) is 14.6 Å². The normalized spacial score (nSPS) is 11.3. The van der Waals surface area contributed by atoms with Crippen molar-refractivity contribution in [1.29, 1.82) is 0 Å². The lowest BCUT2D eigenvalue weighted by Gasteiger charge is -2.06. The van der Waals surface area contributed by atoms with Gasteiger partial charge < -0.3 is 9.88 Å². The minimum absolute atomic E-state index is 0.292. The zero-order valence-electron chi connectivity index (χ0n) is 10.3. The van der Waals surface area contributed by atoms with Gasteiger partial charge in [-0.3, -0.25) is 0 Å². The van der Waals surface area contributed by atoms with E-state index >= 15 is 0 Å². The predicted molar refractivity (Wildman–Crippen MR) is 66.5 cm³/mol. The molecule has 3 aromatic rings. The van der Waals surface area contributed by atoms with Gasteiger partial charge in [0, 0.05) is 25.5 Å². The van der Waals surface area contributed by atoms with E-state index in [1.165, 1.54) is 0 Å². The van der Waals surface area contributed by atoms with Crippen molar-refractivity contribution in [1.82, 2.24) is 29.4 Å². The maximum atomic E-state index is 12.7. The summed E-state index contributed by atoms with van der Waals surface area (Å²) in [6, 6.07) is 3.26. The minimum atomic E-state index is -2.71. The van der Waals surface area contributed by atoms with Gasteiger partial charge in [0.2, 0.25) is 5.82 Å². The summed E-state index contributed by atoms with van der Waals surface area (Å²) in [5, 5.41) is 14.2. The Balaban J connectivity index is 1.73. The van der Waals surface area contributed by atoms with Gasteiger partial charge in [-0.05, 0) is 12.1 Å². The zero-order valence-corrected chi connectivity index (χ0v) is 10.3. The Bertz CT molecular complexity index is 692. The Morgan fingerprint density at radius 1 is 1.25 bits per heavy atom. The fourth-order valence-electron chi connectivity index (χ4n) is 1.77. The molecule has 0 saturated carbocycles. The quantitative estimate of drug-likeness (QED) is 0.763. The van der Waals surface area contributed by atoms with Gasteiger partial charge in [-0.15, -0.1) is 15.3 Å². The predicted octanol–water partition coefficient (Wildman–Crippen LogP) is 1.37. The van der Waals surface area contributed by atoms with E-state index in [9.17, 15) is 8.78 Å². The van der Waals surface area contributed by atoms with Crippen molar-refractivity contribution >= 4 is 11.5 Å². The van der Waals surface area contributed by atoms with E-state index in [1.54, 1.807) is 24.7 Å². The molecule has 7 nitrogen and oxygen atoms in total. The Hall–Kier alpha value is -2.58. The zero-order chi connectivity index (χ0) is 13.9. The molecule has 0 saturated heterocycles. The van der Waals surface area contributed by atoms with E-state index in [2.05, 4.69) is 25.6 Å². The Morgan fingerprint density at radius 3 is 2.90 bits per heavy atom. The highest BCUT2D eigenvalue weighted by atomic mass is 19.3. The Labute approximate surface area is 112 Å². The SMILES string of the molecule is FC(F)c1nnc2ccc(NCCn3ccnc3)nn12. The van der Waals surface area contributed by atoms with Crippen molar-refractivity contribution in [3.8, 4) is 0 Å². The monoisotopic (exact) mass is 279 g/mol. The fourth-order valence-corrected chi connectivity index (χ4v) is 1.77. The maximum Gasteiger partial charge on any atom is 0.299 e. The van der Waals surface area contributed by atoms with Gasteiger partial charge in [0.25, 0.3) is 6.43 Å². The van der Waals surface area contributed by atoms with Crippen LogP contribution < -0.4 is 5.32 Å². The molecule has 0 aliphatic rings. The largest absolute Gasteiger partial charge is 0.367 e. The van der Waals surface area contributed by atoms with Crippen molar-refractivity contribution in [2.75, 3.05) is 11.9 Å². The number of imidazole rings is 1. The second-order valence-electron chi connectivity index (χ2n) is 4.07. The molecule has 3 rings (SSSR count). The average molecular weight is 279 g/mol. The first-order valence-corrected chi connectivity index (χ1v) is 5.94. The molecule has 0 aliphatic heterocycles. The van der Waals surface area contributed by atoms with Crippen LogP contribution in [0.2, 0.25) is 0 Å². The van der Waals surface area contributed by atoms with Gasteiger partial charge in [0.1, 0.15) is 5.82 Å². The average Bonchev–Trinajstić information content (AvgIpc) is 3.06. The van der Waals surface area contributed by atoms with E-state index in [0.717, 1.165) is 4.52 Å². The highest BCUT2D eigenvalue weighted by molar-refractivity contribution is 5.43. The van der Waals surface area contributed by atoms with Gasteiger partial charge in [-0.1, -0.05) is 0 Å². The van der Waals surface area contributed by atoms with Crippen molar-refractivity contribution in [3.05, 3.63) is 36.7 Å². The van der Waals surface area contributed by atoms with Gasteiger partial charge in [0.05, 0.1) is 6.33 Å². The van der Waals surface area contributed by atoms with E-state index in [0.29, 0.717) is 24.6 Å². The number of hydrogen-bond acceptors (Lipinski definition) is 5. The Morgan fingerprint density at radius 2 is 2.15 bits per heavy atom. The number of rotatable bonds is 5. The Kier molecular flexibility index (Phi) is 3.23. The minimum Gasteiger partial charge on any atom is -0.367 e.